The summed E-state index contributed by atoms with van der Waals surface area (Å²) >= 11 is 97.8. The van der Waals surface area contributed by atoms with Crippen LogP contribution in [0.5, 0.6) is 17.6 Å². The summed E-state index contributed by atoms with van der Waals surface area (Å²) < 4.78 is 93.8. The largest absolute Gasteiger partial charge is 0.407 e. The molecule has 0 amide bonds. The fourth-order valence-corrected chi connectivity index (χ4v) is 21.2. The molecule has 14 rings (SSSR count). The Hall–Kier alpha value is -8.48. The summed E-state index contributed by atoms with van der Waals surface area (Å²) in [6.45, 7) is 12.4. The van der Waals surface area contributed by atoms with Gasteiger partial charge in [0.15, 0.2) is 47.7 Å². The van der Waals surface area contributed by atoms with Crippen LogP contribution in [0.1, 0.15) is 85.7 Å². The van der Waals surface area contributed by atoms with Crippen LogP contribution in [0.4, 0.5) is 26.3 Å². The van der Waals surface area contributed by atoms with Crippen LogP contribution >= 0.6 is 256 Å². The molecule has 0 aliphatic carbocycles. The molecule has 0 saturated heterocycles. The van der Waals surface area contributed by atoms with Crippen LogP contribution in [0.2, 0.25) is 75.7 Å². The van der Waals surface area contributed by atoms with Gasteiger partial charge in [0.25, 0.3) is 34.1 Å². The third-order valence-electron chi connectivity index (χ3n) is 16.4. The van der Waals surface area contributed by atoms with E-state index in [0.717, 1.165) is 40.2 Å². The van der Waals surface area contributed by atoms with E-state index in [1.165, 1.54) is 139 Å². The number of aromatic amines is 4. The summed E-state index contributed by atoms with van der Waals surface area (Å²) in [5.41, 5.74) is 11.0. The first-order chi connectivity index (χ1) is 68.0. The second-order valence-corrected chi connectivity index (χ2v) is 39.9. The molecule has 61 heteroatoms. The number of aromatic nitrogens is 21. The fourth-order valence-electron chi connectivity index (χ4n) is 10.1. The number of halogens is 21. The highest BCUT2D eigenvalue weighted by Crippen LogP contribution is 2.41. The zero-order valence-electron chi connectivity index (χ0n) is 74.0. The van der Waals surface area contributed by atoms with E-state index < -0.39 is 76.8 Å². The number of nitrogens with one attached hydrogen (secondary N) is 4. The van der Waals surface area contributed by atoms with Gasteiger partial charge in [0, 0.05) is 212 Å². The first-order valence-electron chi connectivity index (χ1n) is 39.1. The molecule has 0 unspecified atom stereocenters. The minimum atomic E-state index is -1.72. The monoisotopic (exact) mass is 2410 g/mol. The average molecular weight is 2410 g/mol. The number of rotatable bonds is 26. The molecule has 14 aromatic rings. The maximum Gasteiger partial charge on any atom is 0.338 e. The number of aryl methyl sites for hydroxylation is 7. The standard InChI is InChI=1S/C13H12Cl2N4O2S.C13H11Cl2N3O3S.C13H11Cl2N3O2S.C11H7Cl4N3OS.C11H8Cl3N3OS.C11H7Cl2F2N3OS.C11H7F4N3OS/c1-7-2-11(21-12(20)3-16)19-13(18-7)22-6-8-9(14)4-17-5-10(8)15;1-7-2-11(21-12(20)5-19)18-13(17-7)22-6-8-9(14)3-16-4-10(8)15;1-7-3-12(20-8(2)19)18-13(17-7)21-6-9-10(14)4-16-5-11(9)15;1-4-2-6(19)17-11(16-4)20-3-5-7(12)9(14)18-10(15)8(5)13;1-5-2-8(18)17-11(16-5)19-4-6-7(12)3-15-10(14)9(6)13;2*1-4-2-6(19)17-11(16-4)20-3-5-7(12)9(14)18-10(15)8(5)13/h2,4-5H,3,6,16H2,1H3;2-4,19H,5-6H2,1H3;3-5H,6H2,1-2H3;2H,3H2,1H3,(H,16,17,19);2-3H,4H2,1H3,(H,16,17,18);2*2H,3H2,1H3,(H,16,17,19). The number of ether oxygens (including phenoxy) is 3. The van der Waals surface area contributed by atoms with Crippen molar-refractivity contribution in [2.45, 2.75) is 132 Å². The molecule has 33 nitrogen and oxygen atoms in total. The number of aliphatic hydroxyl groups is 1. The Morgan fingerprint density at radius 2 is 0.590 bits per heavy atom. The van der Waals surface area contributed by atoms with E-state index in [0.29, 0.717) is 151 Å². The molecule has 760 valence electrons. The lowest BCUT2D eigenvalue weighted by molar-refractivity contribution is -0.138. The van der Waals surface area contributed by atoms with Crippen molar-refractivity contribution >= 4 is 274 Å². The van der Waals surface area contributed by atoms with Crippen LogP contribution in [-0.2, 0) is 54.7 Å². The number of nitrogens with zero attached hydrogens (tertiary/aromatic N) is 17. The molecule has 0 fully saturated rings. The number of pyridine rings is 7. The van der Waals surface area contributed by atoms with Gasteiger partial charge >= 0.3 is 17.9 Å². The molecule has 14 aromatic heterocycles. The minimum Gasteiger partial charge on any atom is -0.407 e. The lowest BCUT2D eigenvalue weighted by Crippen LogP contribution is -2.20. The third-order valence-corrected chi connectivity index (χ3v) is 28.0. The Kier molecular flexibility index (Phi) is 49.5. The molecule has 0 saturated carbocycles. The van der Waals surface area contributed by atoms with Crippen molar-refractivity contribution in [3.05, 3.63) is 317 Å². The Morgan fingerprint density at radius 1 is 0.319 bits per heavy atom. The highest BCUT2D eigenvalue weighted by molar-refractivity contribution is 7.99. The van der Waals surface area contributed by atoms with E-state index in [1.54, 1.807) is 60.6 Å². The minimum absolute atomic E-state index is 0.0421. The van der Waals surface area contributed by atoms with Gasteiger partial charge in [-0.1, -0.05) is 256 Å². The van der Waals surface area contributed by atoms with Gasteiger partial charge in [0.05, 0.1) is 56.8 Å². The van der Waals surface area contributed by atoms with Crippen molar-refractivity contribution < 1.29 is 60.0 Å². The van der Waals surface area contributed by atoms with E-state index >= 15 is 0 Å². The highest BCUT2D eigenvalue weighted by Gasteiger charge is 2.25. The Labute approximate surface area is 915 Å². The second-order valence-electron chi connectivity index (χ2n) is 27.4. The van der Waals surface area contributed by atoms with Gasteiger partial charge < -0.3 is 45.0 Å². The number of esters is 3. The summed E-state index contributed by atoms with van der Waals surface area (Å²) in [5, 5.41) is 15.1. The molecule has 0 bridgehead atoms. The Balaban J connectivity index is 0.000000205. The normalized spacial score (nSPS) is 10.7. The molecule has 0 aliphatic rings. The second kappa shape index (κ2) is 59.1. The molecule has 14 heterocycles. The van der Waals surface area contributed by atoms with Crippen LogP contribution in [0.3, 0.4) is 0 Å². The molecule has 144 heavy (non-hydrogen) atoms. The van der Waals surface area contributed by atoms with Crippen LogP contribution in [0, 0.1) is 83.9 Å². The van der Waals surface area contributed by atoms with Crippen molar-refractivity contribution in [3.8, 4) is 17.6 Å². The van der Waals surface area contributed by atoms with Gasteiger partial charge in [-0.25, -0.2) is 58.4 Å². The fraction of sp³-hybridized carbons (Fsp3) is 0.205. The quantitative estimate of drug-likeness (QED) is 0.00964. The molecule has 0 aliphatic heterocycles. The summed E-state index contributed by atoms with van der Waals surface area (Å²) in [5.74, 6) is -8.33. The zero-order valence-corrected chi connectivity index (χ0v) is 91.0. The van der Waals surface area contributed by atoms with Crippen LogP contribution < -0.4 is 42.2 Å². The first kappa shape index (κ1) is 121. The lowest BCUT2D eigenvalue weighted by atomic mass is 10.3. The van der Waals surface area contributed by atoms with E-state index in [9.17, 15) is 59.9 Å². The molecular weight excluding hydrogens is 2350 g/mol. The van der Waals surface area contributed by atoms with Crippen LogP contribution in [-0.4, -0.2) is 141 Å². The van der Waals surface area contributed by atoms with E-state index in [-0.39, 0.29) is 92.9 Å². The predicted molar refractivity (Wildman–Crippen MR) is 549 cm³/mol. The number of hydrogen-bond acceptors (Lipinski definition) is 36. The van der Waals surface area contributed by atoms with E-state index in [4.69, 9.17) is 199 Å². The van der Waals surface area contributed by atoms with Gasteiger partial charge in [-0.3, -0.25) is 43.7 Å². The van der Waals surface area contributed by atoms with Crippen molar-refractivity contribution in [2.24, 2.45) is 5.73 Å². The molecule has 0 radical (unpaired) electrons. The molecule has 0 aromatic carbocycles. The van der Waals surface area contributed by atoms with Gasteiger partial charge in [0.1, 0.15) is 32.1 Å². The summed E-state index contributed by atoms with van der Waals surface area (Å²) in [6.07, 6.45) is 10.6. The number of nitrogens with two attached hydrogens (primary N) is 1. The topological polar surface area (TPSA) is 476 Å². The molecule has 0 spiro atoms. The van der Waals surface area contributed by atoms with E-state index in [1.807, 2.05) is 0 Å². The molecule has 0 atom stereocenters. The zero-order chi connectivity index (χ0) is 106. The van der Waals surface area contributed by atoms with Gasteiger partial charge in [-0.2, -0.15) is 42.5 Å². The van der Waals surface area contributed by atoms with Crippen molar-refractivity contribution in [1.29, 1.82) is 0 Å². The predicted octanol–water partition coefficient (Wildman–Crippen LogP) is 22.8. The van der Waals surface area contributed by atoms with Crippen molar-refractivity contribution in [2.75, 3.05) is 13.2 Å². The lowest BCUT2D eigenvalue weighted by Gasteiger charge is -2.09. The smallest absolute Gasteiger partial charge is 0.338 e. The SMILES string of the molecule is CC(=O)Oc1cc(C)nc(SCc2c(Cl)cncc2Cl)n1.Cc1cc(=O)[nH]c(SCc2c(Cl)c(Cl)nc(Cl)c2Cl)n1.Cc1cc(=O)[nH]c(SCc2c(Cl)c(F)nc(F)c2Cl)n1.Cc1cc(=O)[nH]c(SCc2c(Cl)cnc(Cl)c2Cl)n1.Cc1cc(=O)[nH]c(SCc2c(F)c(F)nc(F)c2F)n1.Cc1cc(OC(=O)CN)nc(SCc2c(Cl)cncc2Cl)n1.Cc1cc(OC(=O)CO)nc(SCc2c(Cl)cncc2Cl)n1. The molecule has 7 N–H and O–H groups in total. The maximum atomic E-state index is 13.4. The highest BCUT2D eigenvalue weighted by atomic mass is 35.5. The summed E-state index contributed by atoms with van der Waals surface area (Å²) in [6, 6.07) is 10.1. The Bertz CT molecular complexity index is 6750. The number of aliphatic hydroxyl groups excluding tert-OH is 1. The third kappa shape index (κ3) is 38.9. The van der Waals surface area contributed by atoms with Crippen LogP contribution in [0.15, 0.2) is 141 Å². The number of carbonyl (C=O) groups is 3. The summed E-state index contributed by atoms with van der Waals surface area (Å²) in [7, 11) is 0. The number of H-pyrrole nitrogens is 4. The van der Waals surface area contributed by atoms with Crippen molar-refractivity contribution in [1.82, 2.24) is 105 Å². The van der Waals surface area contributed by atoms with Crippen molar-refractivity contribution in [3.63, 3.8) is 0 Å². The maximum absolute atomic E-state index is 13.4. The number of carbonyl (C=O) groups excluding carboxylic acids is 3. The van der Waals surface area contributed by atoms with Gasteiger partial charge in [-0.15, -0.1) is 0 Å². The average Bonchev–Trinajstić information content (AvgIpc) is 0.820. The summed E-state index contributed by atoms with van der Waals surface area (Å²) in [4.78, 5) is 155. The van der Waals surface area contributed by atoms with Gasteiger partial charge in [0.2, 0.25) is 29.5 Å². The first-order valence-corrected chi connectivity index (χ1v) is 51.7. The van der Waals surface area contributed by atoms with Crippen LogP contribution in [0.25, 0.3) is 0 Å². The number of hydrogen-bond donors (Lipinski definition) is 6. The molecular formula is C83H63Cl15F6N22O11S7. The Morgan fingerprint density at radius 3 is 0.903 bits per heavy atom. The van der Waals surface area contributed by atoms with E-state index in [2.05, 4.69) is 105 Å². The number of thioether (sulfide) groups is 7. The van der Waals surface area contributed by atoms with Gasteiger partial charge in [-0.05, 0) is 48.5 Å².